The standard InChI is InChI=1S/C19H19NO3/c1-12-7-8-13(2)16(9-12)18(21)20-11-15-6-4-3-5-14(15)10-17(20)19(22)23/h3-9,17H,10-11H2,1-2H3,(H,22,23). The van der Waals surface area contributed by atoms with E-state index in [2.05, 4.69) is 0 Å². The Balaban J connectivity index is 2.01. The summed E-state index contributed by atoms with van der Waals surface area (Å²) in [5.41, 5.74) is 4.45. The van der Waals surface area contributed by atoms with Crippen LogP contribution >= 0.6 is 0 Å². The molecule has 0 spiro atoms. The molecule has 2 aromatic carbocycles. The molecule has 4 nitrogen and oxygen atoms in total. The number of aliphatic carboxylic acids is 1. The third-order valence-corrected chi connectivity index (χ3v) is 4.42. The summed E-state index contributed by atoms with van der Waals surface area (Å²) in [6.45, 7) is 4.14. The molecule has 1 atom stereocenters. The molecule has 0 saturated heterocycles. The smallest absolute Gasteiger partial charge is 0.326 e. The summed E-state index contributed by atoms with van der Waals surface area (Å²) in [5.74, 6) is -1.17. The van der Waals surface area contributed by atoms with Crippen molar-refractivity contribution in [1.82, 2.24) is 4.90 Å². The van der Waals surface area contributed by atoms with Gasteiger partial charge in [-0.3, -0.25) is 4.79 Å². The lowest BCUT2D eigenvalue weighted by atomic mass is 9.92. The largest absolute Gasteiger partial charge is 0.480 e. The van der Waals surface area contributed by atoms with Crippen LogP contribution in [0.2, 0.25) is 0 Å². The summed E-state index contributed by atoms with van der Waals surface area (Å²) in [7, 11) is 0. The Hall–Kier alpha value is -2.62. The molecule has 0 aliphatic carbocycles. The van der Waals surface area contributed by atoms with Gasteiger partial charge in [-0.05, 0) is 36.6 Å². The Bertz CT molecular complexity index is 782. The zero-order valence-corrected chi connectivity index (χ0v) is 13.2. The molecule has 1 aliphatic heterocycles. The number of hydrogen-bond acceptors (Lipinski definition) is 2. The van der Waals surface area contributed by atoms with Crippen molar-refractivity contribution in [3.05, 3.63) is 70.3 Å². The van der Waals surface area contributed by atoms with Crippen LogP contribution in [-0.2, 0) is 17.8 Å². The van der Waals surface area contributed by atoms with Crippen molar-refractivity contribution < 1.29 is 14.7 Å². The van der Waals surface area contributed by atoms with Crippen LogP contribution in [0, 0.1) is 13.8 Å². The van der Waals surface area contributed by atoms with Gasteiger partial charge in [0.25, 0.3) is 5.91 Å². The number of rotatable bonds is 2. The Morgan fingerprint density at radius 3 is 2.48 bits per heavy atom. The molecule has 1 aliphatic rings. The number of nitrogens with zero attached hydrogens (tertiary/aromatic N) is 1. The number of amides is 1. The normalized spacial score (nSPS) is 16.8. The van der Waals surface area contributed by atoms with E-state index in [0.717, 1.165) is 22.3 Å². The minimum absolute atomic E-state index is 0.215. The summed E-state index contributed by atoms with van der Waals surface area (Å²) in [4.78, 5) is 26.1. The fourth-order valence-corrected chi connectivity index (χ4v) is 3.08. The van der Waals surface area contributed by atoms with Crippen LogP contribution in [0.4, 0.5) is 0 Å². The van der Waals surface area contributed by atoms with Crippen molar-refractivity contribution in [3.8, 4) is 0 Å². The molecule has 4 heteroatoms. The van der Waals surface area contributed by atoms with Crippen LogP contribution < -0.4 is 0 Å². The van der Waals surface area contributed by atoms with Crippen LogP contribution in [0.3, 0.4) is 0 Å². The second kappa shape index (κ2) is 5.88. The molecule has 3 rings (SSSR count). The molecular weight excluding hydrogens is 290 g/mol. The van der Waals surface area contributed by atoms with E-state index >= 15 is 0 Å². The van der Waals surface area contributed by atoms with Gasteiger partial charge in [-0.15, -0.1) is 0 Å². The predicted molar refractivity (Wildman–Crippen MR) is 87.4 cm³/mol. The van der Waals surface area contributed by atoms with E-state index in [1.165, 1.54) is 4.90 Å². The zero-order chi connectivity index (χ0) is 16.6. The number of carboxylic acid groups (broad SMARTS) is 1. The zero-order valence-electron chi connectivity index (χ0n) is 13.2. The fourth-order valence-electron chi connectivity index (χ4n) is 3.08. The average Bonchev–Trinajstić information content (AvgIpc) is 2.55. The lowest BCUT2D eigenvalue weighted by Crippen LogP contribution is -2.48. The molecular formula is C19H19NO3. The van der Waals surface area contributed by atoms with Crippen LogP contribution in [0.15, 0.2) is 42.5 Å². The Kier molecular flexibility index (Phi) is 3.90. The minimum atomic E-state index is -0.960. The van der Waals surface area contributed by atoms with Crippen LogP contribution in [0.1, 0.15) is 32.6 Å². The summed E-state index contributed by atoms with van der Waals surface area (Å²) in [6.07, 6.45) is 0.349. The van der Waals surface area contributed by atoms with E-state index in [4.69, 9.17) is 0 Å². The van der Waals surface area contributed by atoms with E-state index in [-0.39, 0.29) is 5.91 Å². The molecule has 118 valence electrons. The highest BCUT2D eigenvalue weighted by Crippen LogP contribution is 2.26. The maximum atomic E-state index is 13.0. The molecule has 2 aromatic rings. The van der Waals surface area contributed by atoms with Gasteiger partial charge in [0.15, 0.2) is 0 Å². The molecule has 1 N–H and O–H groups in total. The third kappa shape index (κ3) is 2.84. The summed E-state index contributed by atoms with van der Waals surface area (Å²) in [6, 6.07) is 12.6. The SMILES string of the molecule is Cc1ccc(C)c(C(=O)N2Cc3ccccc3CC2C(=O)O)c1. The molecule has 1 heterocycles. The van der Waals surface area contributed by atoms with Gasteiger partial charge in [0.2, 0.25) is 0 Å². The summed E-state index contributed by atoms with van der Waals surface area (Å²) >= 11 is 0. The lowest BCUT2D eigenvalue weighted by Gasteiger charge is -2.34. The van der Waals surface area contributed by atoms with Crippen molar-refractivity contribution >= 4 is 11.9 Å². The Morgan fingerprint density at radius 2 is 1.78 bits per heavy atom. The Morgan fingerprint density at radius 1 is 1.09 bits per heavy atom. The van der Waals surface area contributed by atoms with E-state index in [9.17, 15) is 14.7 Å². The predicted octanol–water partition coefficient (Wildman–Crippen LogP) is 2.96. The van der Waals surface area contributed by atoms with Gasteiger partial charge in [0.1, 0.15) is 6.04 Å². The summed E-state index contributed by atoms with van der Waals surface area (Å²) in [5, 5.41) is 9.56. The van der Waals surface area contributed by atoms with Gasteiger partial charge in [-0.1, -0.05) is 42.0 Å². The maximum Gasteiger partial charge on any atom is 0.326 e. The van der Waals surface area contributed by atoms with Crippen LogP contribution in [-0.4, -0.2) is 27.9 Å². The highest BCUT2D eigenvalue weighted by atomic mass is 16.4. The molecule has 1 amide bonds. The van der Waals surface area contributed by atoms with Crippen molar-refractivity contribution in [2.24, 2.45) is 0 Å². The van der Waals surface area contributed by atoms with Crippen molar-refractivity contribution in [1.29, 1.82) is 0 Å². The van der Waals surface area contributed by atoms with Gasteiger partial charge in [-0.2, -0.15) is 0 Å². The van der Waals surface area contributed by atoms with E-state index in [1.54, 1.807) is 0 Å². The highest BCUT2D eigenvalue weighted by Gasteiger charge is 2.35. The number of hydrogen-bond donors (Lipinski definition) is 1. The van der Waals surface area contributed by atoms with Gasteiger partial charge in [-0.25, -0.2) is 4.79 Å². The number of aryl methyl sites for hydroxylation is 2. The molecule has 0 fully saturated rings. The summed E-state index contributed by atoms with van der Waals surface area (Å²) < 4.78 is 0. The maximum absolute atomic E-state index is 13.0. The highest BCUT2D eigenvalue weighted by molar-refractivity contribution is 5.98. The molecule has 0 saturated carbocycles. The van der Waals surface area contributed by atoms with Gasteiger partial charge in [0, 0.05) is 18.5 Å². The van der Waals surface area contributed by atoms with Crippen molar-refractivity contribution in [2.75, 3.05) is 0 Å². The molecule has 0 radical (unpaired) electrons. The average molecular weight is 309 g/mol. The van der Waals surface area contributed by atoms with E-state index < -0.39 is 12.0 Å². The first-order chi connectivity index (χ1) is 11.0. The van der Waals surface area contributed by atoms with Crippen LogP contribution in [0.5, 0.6) is 0 Å². The topological polar surface area (TPSA) is 57.6 Å². The number of carbonyl (C=O) groups is 2. The first kappa shape index (κ1) is 15.3. The monoisotopic (exact) mass is 309 g/mol. The van der Waals surface area contributed by atoms with E-state index in [0.29, 0.717) is 18.5 Å². The quantitative estimate of drug-likeness (QED) is 0.928. The van der Waals surface area contributed by atoms with Crippen molar-refractivity contribution in [2.45, 2.75) is 32.9 Å². The molecule has 0 bridgehead atoms. The number of carbonyl (C=O) groups excluding carboxylic acids is 1. The lowest BCUT2D eigenvalue weighted by molar-refractivity contribution is -0.142. The fraction of sp³-hybridized carbons (Fsp3) is 0.263. The van der Waals surface area contributed by atoms with Gasteiger partial charge >= 0.3 is 5.97 Å². The molecule has 0 aromatic heterocycles. The van der Waals surface area contributed by atoms with Crippen LogP contribution in [0.25, 0.3) is 0 Å². The first-order valence-corrected chi connectivity index (χ1v) is 7.65. The minimum Gasteiger partial charge on any atom is -0.480 e. The van der Waals surface area contributed by atoms with E-state index in [1.807, 2.05) is 56.3 Å². The Labute approximate surface area is 135 Å². The molecule has 23 heavy (non-hydrogen) atoms. The van der Waals surface area contributed by atoms with Gasteiger partial charge < -0.3 is 10.0 Å². The molecule has 1 unspecified atom stereocenters. The second-order valence-electron chi connectivity index (χ2n) is 6.08. The third-order valence-electron chi connectivity index (χ3n) is 4.42. The second-order valence-corrected chi connectivity index (χ2v) is 6.08. The number of fused-ring (bicyclic) bond motifs is 1. The number of benzene rings is 2. The van der Waals surface area contributed by atoms with Crippen molar-refractivity contribution in [3.63, 3.8) is 0 Å². The van der Waals surface area contributed by atoms with Gasteiger partial charge in [0.05, 0.1) is 0 Å². The number of carboxylic acids is 1. The first-order valence-electron chi connectivity index (χ1n) is 7.65.